The Hall–Kier alpha value is -0.610. The van der Waals surface area contributed by atoms with Crippen molar-refractivity contribution < 1.29 is 9.63 Å². The van der Waals surface area contributed by atoms with E-state index in [1.54, 1.807) is 0 Å². The maximum absolute atomic E-state index is 11.6. The van der Waals surface area contributed by atoms with E-state index in [4.69, 9.17) is 4.84 Å². The quantitative estimate of drug-likeness (QED) is 0.755. The van der Waals surface area contributed by atoms with Crippen molar-refractivity contribution in [3.8, 4) is 0 Å². The molecule has 0 aromatic rings. The van der Waals surface area contributed by atoms with Gasteiger partial charge < -0.3 is 10.2 Å². The predicted octanol–water partition coefficient (Wildman–Crippen LogP) is 2.14. The summed E-state index contributed by atoms with van der Waals surface area (Å²) in [5.41, 5.74) is 2.51. The SMILES string of the molecule is CC(C)(C)C(=O)ONC1CCC(NC2CC2)CC1. The Kier molecular flexibility index (Phi) is 4.28. The lowest BCUT2D eigenvalue weighted by molar-refractivity contribution is -0.163. The van der Waals surface area contributed by atoms with Crippen LogP contribution in [0.2, 0.25) is 0 Å². The van der Waals surface area contributed by atoms with Gasteiger partial charge in [-0.1, -0.05) is 0 Å². The normalized spacial score (nSPS) is 29.1. The van der Waals surface area contributed by atoms with Gasteiger partial charge in [0.2, 0.25) is 0 Å². The number of rotatable bonds is 4. The zero-order valence-electron chi connectivity index (χ0n) is 11.8. The van der Waals surface area contributed by atoms with E-state index in [9.17, 15) is 4.79 Å². The second-order valence-electron chi connectivity index (χ2n) is 6.75. The van der Waals surface area contributed by atoms with Crippen LogP contribution in [0, 0.1) is 5.41 Å². The first-order chi connectivity index (χ1) is 8.45. The summed E-state index contributed by atoms with van der Waals surface area (Å²) in [6, 6.07) is 1.79. The molecule has 2 fully saturated rings. The number of nitrogens with one attached hydrogen (secondary N) is 2. The minimum absolute atomic E-state index is 0.180. The molecule has 0 unspecified atom stereocenters. The summed E-state index contributed by atoms with van der Waals surface area (Å²) < 4.78 is 0. The molecule has 0 spiro atoms. The molecule has 4 heteroatoms. The molecule has 0 atom stereocenters. The van der Waals surface area contributed by atoms with Crippen molar-refractivity contribution in [2.75, 3.05) is 0 Å². The lowest BCUT2D eigenvalue weighted by Gasteiger charge is -2.30. The van der Waals surface area contributed by atoms with Gasteiger partial charge in [-0.2, -0.15) is 5.48 Å². The summed E-state index contributed by atoms with van der Waals surface area (Å²) in [6.07, 6.45) is 7.23. The van der Waals surface area contributed by atoms with Gasteiger partial charge in [0.15, 0.2) is 0 Å². The van der Waals surface area contributed by atoms with E-state index in [1.807, 2.05) is 20.8 Å². The first kappa shape index (κ1) is 13.8. The molecule has 0 bridgehead atoms. The van der Waals surface area contributed by atoms with Crippen LogP contribution in [0.1, 0.15) is 59.3 Å². The molecule has 0 amide bonds. The van der Waals surface area contributed by atoms with Gasteiger partial charge in [-0.05, 0) is 59.3 Å². The molecule has 104 valence electrons. The van der Waals surface area contributed by atoms with Crippen LogP contribution in [0.4, 0.5) is 0 Å². The fourth-order valence-electron chi connectivity index (χ4n) is 2.25. The molecule has 4 nitrogen and oxygen atoms in total. The summed E-state index contributed by atoms with van der Waals surface area (Å²) in [7, 11) is 0. The number of hydroxylamine groups is 1. The van der Waals surface area contributed by atoms with Gasteiger partial charge in [-0.3, -0.25) is 0 Å². The van der Waals surface area contributed by atoms with Gasteiger partial charge >= 0.3 is 5.97 Å². The van der Waals surface area contributed by atoms with Crippen molar-refractivity contribution in [3.05, 3.63) is 0 Å². The van der Waals surface area contributed by atoms with E-state index in [2.05, 4.69) is 10.8 Å². The highest BCUT2D eigenvalue weighted by molar-refractivity contribution is 5.75. The second kappa shape index (κ2) is 5.57. The first-order valence-corrected chi connectivity index (χ1v) is 7.18. The third-order valence-electron chi connectivity index (χ3n) is 3.71. The molecule has 0 saturated heterocycles. The van der Waals surface area contributed by atoms with Gasteiger partial charge in [-0.15, -0.1) is 0 Å². The van der Waals surface area contributed by atoms with E-state index < -0.39 is 5.41 Å². The smallest absolute Gasteiger partial charge is 0.329 e. The van der Waals surface area contributed by atoms with Crippen LogP contribution < -0.4 is 10.8 Å². The van der Waals surface area contributed by atoms with E-state index in [0.29, 0.717) is 12.1 Å². The van der Waals surface area contributed by atoms with Gasteiger partial charge in [0.25, 0.3) is 0 Å². The average Bonchev–Trinajstić information content (AvgIpc) is 3.10. The Bertz CT molecular complexity index is 287. The molecule has 0 aliphatic heterocycles. The first-order valence-electron chi connectivity index (χ1n) is 7.18. The zero-order chi connectivity index (χ0) is 13.2. The molecule has 2 N–H and O–H groups in total. The average molecular weight is 254 g/mol. The van der Waals surface area contributed by atoms with Crippen molar-refractivity contribution in [3.63, 3.8) is 0 Å². The summed E-state index contributed by atoms with van der Waals surface area (Å²) in [4.78, 5) is 16.8. The highest BCUT2D eigenvalue weighted by Crippen LogP contribution is 2.25. The maximum Gasteiger partial charge on any atom is 0.329 e. The van der Waals surface area contributed by atoms with Crippen LogP contribution in [0.3, 0.4) is 0 Å². The molecule has 18 heavy (non-hydrogen) atoms. The van der Waals surface area contributed by atoms with Crippen LogP contribution in [0.5, 0.6) is 0 Å². The maximum atomic E-state index is 11.6. The largest absolute Gasteiger partial charge is 0.370 e. The van der Waals surface area contributed by atoms with Crippen molar-refractivity contribution in [1.29, 1.82) is 0 Å². The summed E-state index contributed by atoms with van der Waals surface area (Å²) in [6.45, 7) is 5.61. The van der Waals surface area contributed by atoms with E-state index in [1.165, 1.54) is 25.7 Å². The van der Waals surface area contributed by atoms with Crippen LogP contribution in [-0.4, -0.2) is 24.1 Å². The van der Waals surface area contributed by atoms with Crippen LogP contribution in [0.25, 0.3) is 0 Å². The molecule has 2 aliphatic carbocycles. The summed E-state index contributed by atoms with van der Waals surface area (Å²) >= 11 is 0. The van der Waals surface area contributed by atoms with E-state index >= 15 is 0 Å². The van der Waals surface area contributed by atoms with Crippen molar-refractivity contribution in [1.82, 2.24) is 10.8 Å². The van der Waals surface area contributed by atoms with Crippen molar-refractivity contribution in [2.45, 2.75) is 77.4 Å². The van der Waals surface area contributed by atoms with Gasteiger partial charge in [-0.25, -0.2) is 4.79 Å². The number of carbonyl (C=O) groups is 1. The molecule has 0 aromatic carbocycles. The Labute approximate surface area is 110 Å². The number of hydrogen-bond donors (Lipinski definition) is 2. The van der Waals surface area contributed by atoms with Gasteiger partial charge in [0, 0.05) is 18.1 Å². The Morgan fingerprint density at radius 2 is 1.39 bits per heavy atom. The number of carbonyl (C=O) groups excluding carboxylic acids is 1. The van der Waals surface area contributed by atoms with Gasteiger partial charge in [0.05, 0.1) is 5.41 Å². The molecule has 0 aromatic heterocycles. The molecule has 2 aliphatic rings. The molecular formula is C14H26N2O2. The summed E-state index contributed by atoms with van der Waals surface area (Å²) in [5, 5.41) is 3.67. The van der Waals surface area contributed by atoms with E-state index in [-0.39, 0.29) is 5.97 Å². The Balaban J connectivity index is 1.62. The monoisotopic (exact) mass is 254 g/mol. The van der Waals surface area contributed by atoms with Crippen molar-refractivity contribution >= 4 is 5.97 Å². The van der Waals surface area contributed by atoms with E-state index in [0.717, 1.165) is 18.9 Å². The fourth-order valence-corrected chi connectivity index (χ4v) is 2.25. The molecule has 0 heterocycles. The molecule has 2 rings (SSSR count). The highest BCUT2D eigenvalue weighted by atomic mass is 16.7. The number of hydrogen-bond acceptors (Lipinski definition) is 4. The predicted molar refractivity (Wildman–Crippen MR) is 70.9 cm³/mol. The van der Waals surface area contributed by atoms with Crippen LogP contribution in [0.15, 0.2) is 0 Å². The summed E-state index contributed by atoms with van der Waals surface area (Å²) in [5.74, 6) is -0.180. The third kappa shape index (κ3) is 4.25. The zero-order valence-corrected chi connectivity index (χ0v) is 11.8. The minimum atomic E-state index is -0.433. The topological polar surface area (TPSA) is 50.4 Å². The highest BCUT2D eigenvalue weighted by Gasteiger charge is 2.29. The van der Waals surface area contributed by atoms with Gasteiger partial charge in [0.1, 0.15) is 0 Å². The Morgan fingerprint density at radius 1 is 0.944 bits per heavy atom. The molecule has 0 radical (unpaired) electrons. The lowest BCUT2D eigenvalue weighted by Crippen LogP contribution is -2.42. The Morgan fingerprint density at radius 3 is 1.83 bits per heavy atom. The fraction of sp³-hybridized carbons (Fsp3) is 0.929. The third-order valence-corrected chi connectivity index (χ3v) is 3.71. The molecular weight excluding hydrogens is 228 g/mol. The lowest BCUT2D eigenvalue weighted by atomic mass is 9.91. The van der Waals surface area contributed by atoms with Crippen LogP contribution >= 0.6 is 0 Å². The molecule has 2 saturated carbocycles. The standard InChI is InChI=1S/C14H26N2O2/c1-14(2,3)13(17)18-16-12-8-6-11(7-9-12)15-10-4-5-10/h10-12,15-16H,4-9H2,1-3H3. The minimum Gasteiger partial charge on any atom is -0.370 e. The van der Waals surface area contributed by atoms with Crippen molar-refractivity contribution in [2.24, 2.45) is 5.41 Å². The second-order valence-corrected chi connectivity index (χ2v) is 6.75. The van der Waals surface area contributed by atoms with Crippen LogP contribution in [-0.2, 0) is 9.63 Å².